The fraction of sp³-hybridized carbons (Fsp3) is 0.115. The van der Waals surface area contributed by atoms with Gasteiger partial charge in [0.2, 0.25) is 11.7 Å². The molecule has 0 saturated heterocycles. The molecule has 35 heavy (non-hydrogen) atoms. The lowest BCUT2D eigenvalue weighted by molar-refractivity contribution is 0.101. The summed E-state index contributed by atoms with van der Waals surface area (Å²) in [5.41, 5.74) is 0.210. The van der Waals surface area contributed by atoms with E-state index in [1.165, 1.54) is 7.05 Å². The van der Waals surface area contributed by atoms with Gasteiger partial charge in [0, 0.05) is 25.8 Å². The monoisotopic (exact) mass is 476 g/mol. The number of hydrogen-bond acceptors (Lipinski definition) is 5. The van der Waals surface area contributed by atoms with Crippen LogP contribution in [0, 0.1) is 11.6 Å². The number of rotatable bonds is 6. The van der Waals surface area contributed by atoms with Gasteiger partial charge in [-0.15, -0.1) is 0 Å². The number of hydrogen-bond donors (Lipinski definition) is 2. The molecule has 0 aliphatic carbocycles. The Kier molecular flexibility index (Phi) is 6.59. The largest absolute Gasteiger partial charge is 0.501 e. The Bertz CT molecular complexity index is 1370. The van der Waals surface area contributed by atoms with Crippen LogP contribution in [0.25, 0.3) is 0 Å². The number of aromatic hydroxyl groups is 1. The van der Waals surface area contributed by atoms with Crippen LogP contribution >= 0.6 is 0 Å². The van der Waals surface area contributed by atoms with Crippen molar-refractivity contribution in [2.45, 2.75) is 6.04 Å². The molecule has 1 heterocycles. The van der Waals surface area contributed by atoms with E-state index < -0.39 is 34.5 Å². The fourth-order valence-electron chi connectivity index (χ4n) is 3.89. The molecule has 1 amide bonds. The lowest BCUT2D eigenvalue weighted by Crippen LogP contribution is -2.34. The molecule has 3 aromatic carbocycles. The van der Waals surface area contributed by atoms with Gasteiger partial charge in [0.15, 0.2) is 5.69 Å². The number of carbonyl (C=O) groups is 1. The number of amides is 1. The summed E-state index contributed by atoms with van der Waals surface area (Å²) in [6, 6.07) is 21.1. The summed E-state index contributed by atoms with van der Waals surface area (Å²) in [6.45, 7) is 0. The van der Waals surface area contributed by atoms with E-state index in [0.717, 1.165) is 27.8 Å². The minimum Gasteiger partial charge on any atom is -0.501 e. The van der Waals surface area contributed by atoms with E-state index >= 15 is 0 Å². The van der Waals surface area contributed by atoms with Crippen LogP contribution in [-0.4, -0.2) is 27.6 Å². The summed E-state index contributed by atoms with van der Waals surface area (Å²) in [4.78, 5) is 31.7. The summed E-state index contributed by atoms with van der Waals surface area (Å²) >= 11 is 0. The van der Waals surface area contributed by atoms with E-state index in [2.05, 4.69) is 10.3 Å². The van der Waals surface area contributed by atoms with Gasteiger partial charge >= 0.3 is 0 Å². The van der Waals surface area contributed by atoms with E-state index in [1.54, 1.807) is 11.9 Å². The van der Waals surface area contributed by atoms with Crippen LogP contribution in [0.3, 0.4) is 0 Å². The zero-order chi connectivity index (χ0) is 25.1. The number of benzene rings is 3. The van der Waals surface area contributed by atoms with Gasteiger partial charge < -0.3 is 15.3 Å². The van der Waals surface area contributed by atoms with Crippen LogP contribution < -0.4 is 15.8 Å². The molecule has 0 spiro atoms. The van der Waals surface area contributed by atoms with Gasteiger partial charge in [-0.05, 0) is 23.3 Å². The molecule has 178 valence electrons. The predicted molar refractivity (Wildman–Crippen MR) is 129 cm³/mol. The molecule has 0 atom stereocenters. The molecule has 0 saturated carbocycles. The predicted octanol–water partition coefficient (Wildman–Crippen LogP) is 4.24. The Labute approximate surface area is 199 Å². The second kappa shape index (κ2) is 9.76. The number of carbonyl (C=O) groups excluding carboxylic acids is 1. The molecular weight excluding hydrogens is 454 g/mol. The van der Waals surface area contributed by atoms with Gasteiger partial charge in [-0.3, -0.25) is 14.2 Å². The first-order valence-electron chi connectivity index (χ1n) is 10.7. The Morgan fingerprint density at radius 3 is 2.00 bits per heavy atom. The molecule has 1 aromatic heterocycles. The summed E-state index contributed by atoms with van der Waals surface area (Å²) < 4.78 is 28.2. The van der Waals surface area contributed by atoms with Crippen molar-refractivity contribution >= 4 is 17.5 Å². The third kappa shape index (κ3) is 4.89. The zero-order valence-corrected chi connectivity index (χ0v) is 18.9. The van der Waals surface area contributed by atoms with Crippen molar-refractivity contribution in [1.82, 2.24) is 9.55 Å². The van der Waals surface area contributed by atoms with Gasteiger partial charge in [-0.1, -0.05) is 60.7 Å². The molecule has 4 aromatic rings. The third-order valence-corrected chi connectivity index (χ3v) is 5.51. The molecule has 0 aliphatic rings. The van der Waals surface area contributed by atoms with Crippen LogP contribution in [0.1, 0.15) is 27.7 Å². The number of halogens is 2. The maximum absolute atomic E-state index is 13.5. The highest BCUT2D eigenvalue weighted by Crippen LogP contribution is 2.31. The van der Waals surface area contributed by atoms with E-state index in [9.17, 15) is 23.5 Å². The summed E-state index contributed by atoms with van der Waals surface area (Å²) in [5, 5.41) is 12.7. The number of anilines is 2. The Hall–Kier alpha value is -4.53. The zero-order valence-electron chi connectivity index (χ0n) is 18.9. The van der Waals surface area contributed by atoms with Crippen LogP contribution in [-0.2, 0) is 7.05 Å². The number of aromatic nitrogens is 2. The van der Waals surface area contributed by atoms with Crippen LogP contribution in [0.15, 0.2) is 83.7 Å². The first-order chi connectivity index (χ1) is 16.8. The highest BCUT2D eigenvalue weighted by Gasteiger charge is 2.27. The lowest BCUT2D eigenvalue weighted by atomic mass is 9.97. The van der Waals surface area contributed by atoms with Gasteiger partial charge in [0.05, 0.1) is 6.04 Å². The minimum atomic E-state index is -0.990. The van der Waals surface area contributed by atoms with Crippen molar-refractivity contribution < 1.29 is 18.7 Å². The van der Waals surface area contributed by atoms with E-state index in [0.29, 0.717) is 6.07 Å². The summed E-state index contributed by atoms with van der Waals surface area (Å²) in [7, 11) is 3.14. The Morgan fingerprint density at radius 2 is 1.49 bits per heavy atom. The van der Waals surface area contributed by atoms with Crippen molar-refractivity contribution in [1.29, 1.82) is 0 Å². The van der Waals surface area contributed by atoms with Crippen molar-refractivity contribution in [2.75, 3.05) is 17.3 Å². The molecule has 0 unspecified atom stereocenters. The third-order valence-electron chi connectivity index (χ3n) is 5.51. The quantitative estimate of drug-likeness (QED) is 0.435. The standard InChI is InChI=1S/C26H22F2N4O3/c1-31(22(16-9-5-3-6-10-16)17-11-7-4-8-12-17)26-30-21(23(33)25(35)32(26)2)24(34)29-20-14-18(27)13-19(28)15-20/h3-15,22,33H,1-2H3,(H,29,34). The molecule has 0 radical (unpaired) electrons. The van der Waals surface area contributed by atoms with Crippen LogP contribution in [0.2, 0.25) is 0 Å². The average Bonchev–Trinajstić information content (AvgIpc) is 2.83. The van der Waals surface area contributed by atoms with Crippen LogP contribution in [0.4, 0.5) is 20.4 Å². The Morgan fingerprint density at radius 1 is 0.971 bits per heavy atom. The van der Waals surface area contributed by atoms with Crippen molar-refractivity contribution in [3.05, 3.63) is 118 Å². The molecule has 4 rings (SSSR count). The molecule has 2 N–H and O–H groups in total. The SMILES string of the molecule is CN(c1nc(C(=O)Nc2cc(F)cc(F)c2)c(O)c(=O)n1C)C(c1ccccc1)c1ccccc1. The second-order valence-corrected chi connectivity index (χ2v) is 7.92. The Balaban J connectivity index is 1.79. The lowest BCUT2D eigenvalue weighted by Gasteiger charge is -2.31. The van der Waals surface area contributed by atoms with E-state index in [1.807, 2.05) is 60.7 Å². The molecular formula is C26H22F2N4O3. The molecule has 9 heteroatoms. The summed E-state index contributed by atoms with van der Waals surface area (Å²) in [5.74, 6) is -3.56. The van der Waals surface area contributed by atoms with Gasteiger partial charge in [-0.25, -0.2) is 13.8 Å². The second-order valence-electron chi connectivity index (χ2n) is 7.92. The fourth-order valence-corrected chi connectivity index (χ4v) is 3.89. The van der Waals surface area contributed by atoms with Crippen molar-refractivity contribution in [2.24, 2.45) is 7.05 Å². The molecule has 0 bridgehead atoms. The molecule has 0 aliphatic heterocycles. The highest BCUT2D eigenvalue weighted by molar-refractivity contribution is 6.04. The minimum absolute atomic E-state index is 0.0982. The van der Waals surface area contributed by atoms with E-state index in [4.69, 9.17) is 0 Å². The van der Waals surface area contributed by atoms with Crippen LogP contribution in [0.5, 0.6) is 5.75 Å². The highest BCUT2D eigenvalue weighted by atomic mass is 19.1. The van der Waals surface area contributed by atoms with Gasteiger partial charge in [-0.2, -0.15) is 0 Å². The number of nitrogens with zero attached hydrogens (tertiary/aromatic N) is 3. The first kappa shape index (κ1) is 23.6. The topological polar surface area (TPSA) is 87.5 Å². The van der Waals surface area contributed by atoms with Gasteiger partial charge in [0.25, 0.3) is 11.5 Å². The maximum Gasteiger partial charge on any atom is 0.297 e. The maximum atomic E-state index is 13.5. The van der Waals surface area contributed by atoms with E-state index in [-0.39, 0.29) is 17.7 Å². The first-order valence-corrected chi connectivity index (χ1v) is 10.7. The normalized spacial score (nSPS) is 10.9. The average molecular weight is 476 g/mol. The summed E-state index contributed by atoms with van der Waals surface area (Å²) in [6.07, 6.45) is 0. The number of nitrogens with one attached hydrogen (secondary N) is 1. The molecule has 0 fully saturated rings. The van der Waals surface area contributed by atoms with Crippen molar-refractivity contribution in [3.8, 4) is 5.75 Å². The molecule has 7 nitrogen and oxygen atoms in total. The van der Waals surface area contributed by atoms with Crippen molar-refractivity contribution in [3.63, 3.8) is 0 Å². The van der Waals surface area contributed by atoms with Gasteiger partial charge in [0.1, 0.15) is 11.6 Å². The smallest absolute Gasteiger partial charge is 0.297 e.